The first-order valence-corrected chi connectivity index (χ1v) is 8.79. The summed E-state index contributed by atoms with van der Waals surface area (Å²) in [6.07, 6.45) is 1.95. The number of hydrogen-bond acceptors (Lipinski definition) is 3. The third kappa shape index (κ3) is 4.72. The first-order valence-electron chi connectivity index (χ1n) is 7.35. The Morgan fingerprint density at radius 2 is 1.74 bits per heavy atom. The smallest absolute Gasteiger partial charge is 0.219 e. The van der Waals surface area contributed by atoms with Crippen molar-refractivity contribution in [3.8, 4) is 0 Å². The molecule has 1 N–H and O–H groups in total. The third-order valence-electron chi connectivity index (χ3n) is 3.67. The number of nitrogens with zero attached hydrogens (tertiary/aromatic N) is 1. The molecule has 114 valence electrons. The van der Waals surface area contributed by atoms with E-state index in [0.717, 1.165) is 25.9 Å². The van der Waals surface area contributed by atoms with Crippen LogP contribution >= 0.6 is 0 Å². The van der Waals surface area contributed by atoms with E-state index in [1.165, 1.54) is 0 Å². The minimum absolute atomic E-state index is 0.616. The van der Waals surface area contributed by atoms with Gasteiger partial charge in [-0.3, -0.25) is 0 Å². The van der Waals surface area contributed by atoms with Gasteiger partial charge in [0.15, 0.2) is 0 Å². The maximum absolute atomic E-state index is 12.3. The minimum Gasteiger partial charge on any atom is -0.316 e. The van der Waals surface area contributed by atoms with Crippen LogP contribution in [0.4, 0.5) is 0 Å². The normalized spacial score (nSPS) is 20.1. The number of rotatable bonds is 5. The lowest BCUT2D eigenvalue weighted by atomic mass is 9.98. The summed E-state index contributed by atoms with van der Waals surface area (Å²) in [5.41, 5.74) is 0. The highest BCUT2D eigenvalue weighted by atomic mass is 32.2. The zero-order valence-corrected chi connectivity index (χ0v) is 13.9. The van der Waals surface area contributed by atoms with Crippen molar-refractivity contribution < 1.29 is 8.42 Å². The Morgan fingerprint density at radius 1 is 1.21 bits per heavy atom. The van der Waals surface area contributed by atoms with E-state index in [2.05, 4.69) is 19.2 Å². The molecular weight excluding hydrogens is 260 g/mol. The number of hydrogen-bond donors (Lipinski definition) is 1. The molecule has 0 spiro atoms. The molecule has 5 heteroatoms. The quantitative estimate of drug-likeness (QED) is 0.843. The monoisotopic (exact) mass is 290 g/mol. The van der Waals surface area contributed by atoms with E-state index in [1.54, 1.807) is 25.1 Å². The standard InChI is InChI=1S/C14H30N2O2S/c1-12(2)10-15-11-13-6-8-16(9-7-13)19(17,18)14(3,4)5/h12-13,15H,6-11H2,1-5H3. The first kappa shape index (κ1) is 16.9. The van der Waals surface area contributed by atoms with E-state index < -0.39 is 14.8 Å². The highest BCUT2D eigenvalue weighted by molar-refractivity contribution is 7.90. The first-order chi connectivity index (χ1) is 8.64. The van der Waals surface area contributed by atoms with Gasteiger partial charge in [-0.05, 0) is 58.5 Å². The molecule has 1 heterocycles. The molecule has 0 aromatic carbocycles. The molecule has 1 aliphatic heterocycles. The minimum atomic E-state index is -3.14. The average Bonchev–Trinajstić information content (AvgIpc) is 2.27. The van der Waals surface area contributed by atoms with Crippen LogP contribution in [0.25, 0.3) is 0 Å². The predicted octanol–water partition coefficient (Wildman–Crippen LogP) is 2.07. The lowest BCUT2D eigenvalue weighted by molar-refractivity contribution is 0.261. The van der Waals surface area contributed by atoms with E-state index in [9.17, 15) is 8.42 Å². The second-order valence-electron chi connectivity index (χ2n) is 7.01. The Morgan fingerprint density at radius 3 is 2.16 bits per heavy atom. The van der Waals surface area contributed by atoms with Crippen molar-refractivity contribution in [2.75, 3.05) is 26.2 Å². The van der Waals surface area contributed by atoms with Crippen molar-refractivity contribution in [3.05, 3.63) is 0 Å². The lowest BCUT2D eigenvalue weighted by Crippen LogP contribution is -2.47. The number of piperidine rings is 1. The Balaban J connectivity index is 2.41. The van der Waals surface area contributed by atoms with E-state index in [0.29, 0.717) is 24.9 Å². The van der Waals surface area contributed by atoms with Gasteiger partial charge in [-0.2, -0.15) is 0 Å². The van der Waals surface area contributed by atoms with Crippen LogP contribution in [-0.4, -0.2) is 43.6 Å². The van der Waals surface area contributed by atoms with Crippen molar-refractivity contribution in [3.63, 3.8) is 0 Å². The highest BCUT2D eigenvalue weighted by Crippen LogP contribution is 2.25. The Kier molecular flexibility index (Phi) is 5.83. The molecule has 0 atom stereocenters. The predicted molar refractivity (Wildman–Crippen MR) is 80.7 cm³/mol. The molecule has 4 nitrogen and oxygen atoms in total. The Bertz CT molecular complexity index is 363. The zero-order valence-electron chi connectivity index (χ0n) is 13.1. The fourth-order valence-electron chi connectivity index (χ4n) is 2.32. The molecule has 1 rings (SSSR count). The van der Waals surface area contributed by atoms with Crippen molar-refractivity contribution in [2.45, 2.75) is 52.2 Å². The largest absolute Gasteiger partial charge is 0.316 e. The third-order valence-corrected chi connectivity index (χ3v) is 6.27. The summed E-state index contributed by atoms with van der Waals surface area (Å²) in [5, 5.41) is 3.47. The fraction of sp³-hybridized carbons (Fsp3) is 1.00. The van der Waals surface area contributed by atoms with Crippen LogP contribution in [-0.2, 0) is 10.0 Å². The van der Waals surface area contributed by atoms with Crippen molar-refractivity contribution in [1.82, 2.24) is 9.62 Å². The molecule has 0 radical (unpaired) electrons. The maximum atomic E-state index is 12.3. The van der Waals surface area contributed by atoms with Gasteiger partial charge in [-0.1, -0.05) is 13.8 Å². The van der Waals surface area contributed by atoms with E-state index in [1.807, 2.05) is 0 Å². The van der Waals surface area contributed by atoms with E-state index >= 15 is 0 Å². The summed E-state index contributed by atoms with van der Waals surface area (Å²) < 4.78 is 25.6. The van der Waals surface area contributed by atoms with Gasteiger partial charge in [0.25, 0.3) is 0 Å². The van der Waals surface area contributed by atoms with Crippen molar-refractivity contribution in [1.29, 1.82) is 0 Å². The molecule has 0 aromatic heterocycles. The molecule has 19 heavy (non-hydrogen) atoms. The molecular formula is C14H30N2O2S. The summed E-state index contributed by atoms with van der Waals surface area (Å²) >= 11 is 0. The summed E-state index contributed by atoms with van der Waals surface area (Å²) in [7, 11) is -3.14. The Hall–Kier alpha value is -0.130. The van der Waals surface area contributed by atoms with E-state index in [-0.39, 0.29) is 0 Å². The average molecular weight is 290 g/mol. The topological polar surface area (TPSA) is 49.4 Å². The van der Waals surface area contributed by atoms with Gasteiger partial charge in [0.1, 0.15) is 0 Å². The van der Waals surface area contributed by atoms with Crippen LogP contribution < -0.4 is 5.32 Å². The number of nitrogens with one attached hydrogen (secondary N) is 1. The van der Waals surface area contributed by atoms with Gasteiger partial charge in [0, 0.05) is 13.1 Å². The molecule has 0 aliphatic carbocycles. The molecule has 1 aliphatic rings. The molecule has 0 unspecified atom stereocenters. The van der Waals surface area contributed by atoms with Crippen LogP contribution in [0.2, 0.25) is 0 Å². The molecule has 0 saturated carbocycles. The number of sulfonamides is 1. The Labute approximate surface area is 119 Å². The lowest BCUT2D eigenvalue weighted by Gasteiger charge is -2.35. The second-order valence-corrected chi connectivity index (χ2v) is 9.70. The van der Waals surface area contributed by atoms with Crippen LogP contribution in [0.5, 0.6) is 0 Å². The fourth-order valence-corrected chi connectivity index (χ4v) is 3.78. The van der Waals surface area contributed by atoms with Gasteiger partial charge >= 0.3 is 0 Å². The molecule has 0 amide bonds. The van der Waals surface area contributed by atoms with Crippen molar-refractivity contribution in [2.24, 2.45) is 11.8 Å². The molecule has 0 bridgehead atoms. The van der Waals surface area contributed by atoms with Crippen LogP contribution in [0.1, 0.15) is 47.5 Å². The van der Waals surface area contributed by atoms with Crippen LogP contribution in [0.15, 0.2) is 0 Å². The SMILES string of the molecule is CC(C)CNCC1CCN(S(=O)(=O)C(C)(C)C)CC1. The van der Waals surface area contributed by atoms with Crippen LogP contribution in [0.3, 0.4) is 0 Å². The van der Waals surface area contributed by atoms with Crippen molar-refractivity contribution >= 4 is 10.0 Å². The summed E-state index contributed by atoms with van der Waals surface area (Å²) in [6, 6.07) is 0. The summed E-state index contributed by atoms with van der Waals surface area (Å²) in [5.74, 6) is 1.28. The maximum Gasteiger partial charge on any atom is 0.219 e. The van der Waals surface area contributed by atoms with Gasteiger partial charge in [0.05, 0.1) is 4.75 Å². The van der Waals surface area contributed by atoms with Crippen LogP contribution in [0, 0.1) is 11.8 Å². The summed E-state index contributed by atoms with van der Waals surface area (Å²) in [6.45, 7) is 13.1. The van der Waals surface area contributed by atoms with E-state index in [4.69, 9.17) is 0 Å². The van der Waals surface area contributed by atoms with Gasteiger partial charge < -0.3 is 5.32 Å². The highest BCUT2D eigenvalue weighted by Gasteiger charge is 2.36. The van der Waals surface area contributed by atoms with Gasteiger partial charge in [0.2, 0.25) is 10.0 Å². The second kappa shape index (κ2) is 6.55. The molecule has 1 saturated heterocycles. The molecule has 0 aromatic rings. The zero-order chi connectivity index (χ0) is 14.7. The van der Waals surface area contributed by atoms with Gasteiger partial charge in [-0.25, -0.2) is 12.7 Å². The summed E-state index contributed by atoms with van der Waals surface area (Å²) in [4.78, 5) is 0. The molecule has 1 fully saturated rings. The van der Waals surface area contributed by atoms with Gasteiger partial charge in [-0.15, -0.1) is 0 Å².